The van der Waals surface area contributed by atoms with Crippen LogP contribution in [-0.2, 0) is 0 Å². The molecule has 0 aliphatic heterocycles. The molecule has 2 atom stereocenters. The average Bonchev–Trinajstić information content (AvgIpc) is 2.24. The van der Waals surface area contributed by atoms with E-state index in [0.29, 0.717) is 12.8 Å². The second-order valence-corrected chi connectivity index (χ2v) is 4.05. The second kappa shape index (κ2) is 5.57. The highest BCUT2D eigenvalue weighted by molar-refractivity contribution is 6.30. The van der Waals surface area contributed by atoms with Crippen LogP contribution in [0.1, 0.15) is 31.4 Å². The van der Waals surface area contributed by atoms with E-state index in [1.807, 2.05) is 6.92 Å². The van der Waals surface area contributed by atoms with Gasteiger partial charge in [-0.3, -0.25) is 0 Å². The fourth-order valence-electron chi connectivity index (χ4n) is 1.52. The largest absolute Gasteiger partial charge is 0.391 e. The van der Waals surface area contributed by atoms with Crippen molar-refractivity contribution in [1.29, 1.82) is 0 Å². The molecule has 0 spiro atoms. The van der Waals surface area contributed by atoms with Gasteiger partial charge in [-0.25, -0.2) is 8.78 Å². The molecule has 16 heavy (non-hydrogen) atoms. The predicted molar refractivity (Wildman–Crippen MR) is 59.2 cm³/mol. The first-order valence-electron chi connectivity index (χ1n) is 5.06. The molecule has 0 aliphatic rings. The highest BCUT2D eigenvalue weighted by atomic mass is 35.5. The zero-order valence-electron chi connectivity index (χ0n) is 8.88. The first kappa shape index (κ1) is 13.4. The number of benzene rings is 1. The number of halogens is 3. The molecule has 0 unspecified atom stereocenters. The fraction of sp³-hybridized carbons (Fsp3) is 0.455. The molecule has 5 heteroatoms. The summed E-state index contributed by atoms with van der Waals surface area (Å²) < 4.78 is 26.9. The van der Waals surface area contributed by atoms with Crippen LogP contribution < -0.4 is 5.73 Å². The Kier molecular flexibility index (Phi) is 4.65. The lowest BCUT2D eigenvalue weighted by Crippen LogP contribution is -2.28. The van der Waals surface area contributed by atoms with E-state index in [9.17, 15) is 13.9 Å². The van der Waals surface area contributed by atoms with Crippen molar-refractivity contribution in [2.45, 2.75) is 31.9 Å². The van der Waals surface area contributed by atoms with E-state index >= 15 is 0 Å². The highest BCUT2D eigenvalue weighted by Crippen LogP contribution is 2.27. The monoisotopic (exact) mass is 249 g/mol. The molecule has 0 bridgehead atoms. The molecular weight excluding hydrogens is 236 g/mol. The maximum atomic E-state index is 13.6. The van der Waals surface area contributed by atoms with Gasteiger partial charge in [0.05, 0.1) is 17.2 Å². The van der Waals surface area contributed by atoms with Crippen molar-refractivity contribution in [1.82, 2.24) is 0 Å². The number of aliphatic hydroxyl groups excluding tert-OH is 1. The third-order valence-electron chi connectivity index (χ3n) is 2.41. The Morgan fingerprint density at radius 2 is 2.06 bits per heavy atom. The summed E-state index contributed by atoms with van der Waals surface area (Å²) in [4.78, 5) is 0. The van der Waals surface area contributed by atoms with Crippen LogP contribution in [0.3, 0.4) is 0 Å². The van der Waals surface area contributed by atoms with Crippen molar-refractivity contribution in [2.24, 2.45) is 5.73 Å². The lowest BCUT2D eigenvalue weighted by molar-refractivity contribution is 0.131. The molecule has 0 aliphatic carbocycles. The van der Waals surface area contributed by atoms with Gasteiger partial charge < -0.3 is 10.8 Å². The van der Waals surface area contributed by atoms with E-state index in [4.69, 9.17) is 17.3 Å². The fourth-order valence-corrected chi connectivity index (χ4v) is 1.68. The van der Waals surface area contributed by atoms with Gasteiger partial charge >= 0.3 is 0 Å². The van der Waals surface area contributed by atoms with Crippen LogP contribution in [-0.4, -0.2) is 11.2 Å². The van der Waals surface area contributed by atoms with Crippen molar-refractivity contribution in [3.8, 4) is 0 Å². The maximum absolute atomic E-state index is 13.6. The van der Waals surface area contributed by atoms with Gasteiger partial charge in [-0.15, -0.1) is 0 Å². The summed E-state index contributed by atoms with van der Waals surface area (Å²) in [7, 11) is 0. The molecule has 1 aromatic rings. The van der Waals surface area contributed by atoms with Crippen LogP contribution >= 0.6 is 11.6 Å². The lowest BCUT2D eigenvalue weighted by atomic mass is 9.98. The van der Waals surface area contributed by atoms with E-state index in [1.54, 1.807) is 0 Å². The van der Waals surface area contributed by atoms with Crippen LogP contribution in [0.2, 0.25) is 5.02 Å². The third kappa shape index (κ3) is 2.70. The van der Waals surface area contributed by atoms with Crippen LogP contribution in [0, 0.1) is 11.6 Å². The van der Waals surface area contributed by atoms with Gasteiger partial charge in [0.2, 0.25) is 0 Å². The van der Waals surface area contributed by atoms with Crippen molar-refractivity contribution >= 4 is 11.6 Å². The van der Waals surface area contributed by atoms with E-state index in [2.05, 4.69) is 0 Å². The lowest BCUT2D eigenvalue weighted by Gasteiger charge is -2.20. The van der Waals surface area contributed by atoms with Gasteiger partial charge in [-0.1, -0.05) is 24.9 Å². The zero-order valence-corrected chi connectivity index (χ0v) is 9.64. The molecule has 0 amide bonds. The average molecular weight is 250 g/mol. The molecule has 1 rings (SSSR count). The number of nitrogens with two attached hydrogens (primary N) is 1. The zero-order chi connectivity index (χ0) is 12.3. The molecular formula is C11H14ClF2NO. The Hall–Kier alpha value is -0.710. The van der Waals surface area contributed by atoms with E-state index in [0.717, 1.165) is 12.1 Å². The Balaban J connectivity index is 3.07. The molecule has 0 fully saturated rings. The summed E-state index contributed by atoms with van der Waals surface area (Å²) in [6.07, 6.45) is 0.0815. The Labute approximate surface area is 98.0 Å². The van der Waals surface area contributed by atoms with Gasteiger partial charge in [0, 0.05) is 5.56 Å². The quantitative estimate of drug-likeness (QED) is 0.806. The minimum atomic E-state index is -1.10. The Morgan fingerprint density at radius 1 is 1.44 bits per heavy atom. The predicted octanol–water partition coefficient (Wildman–Crippen LogP) is 2.78. The van der Waals surface area contributed by atoms with Crippen LogP contribution in [0.25, 0.3) is 0 Å². The summed E-state index contributed by atoms with van der Waals surface area (Å²) in [6, 6.07) is 1.06. The first-order valence-corrected chi connectivity index (χ1v) is 5.43. The molecule has 0 saturated carbocycles. The minimum Gasteiger partial charge on any atom is -0.391 e. The molecule has 90 valence electrons. The molecule has 0 aromatic heterocycles. The van der Waals surface area contributed by atoms with Gasteiger partial charge in [-0.05, 0) is 18.6 Å². The standard InChI is InChI=1S/C11H14ClF2NO/c1-2-3-8(16)11(15)9-7(13)5-4-6(12)10(9)14/h4-5,8,11,16H,2-3,15H2,1H3/t8-,11-/m0/s1. The van der Waals surface area contributed by atoms with E-state index < -0.39 is 23.8 Å². The summed E-state index contributed by atoms with van der Waals surface area (Å²) in [5.74, 6) is -1.69. The number of rotatable bonds is 4. The first-order chi connectivity index (χ1) is 7.49. The normalized spacial score (nSPS) is 14.9. The van der Waals surface area contributed by atoms with Crippen molar-refractivity contribution < 1.29 is 13.9 Å². The van der Waals surface area contributed by atoms with Crippen LogP contribution in [0.5, 0.6) is 0 Å². The minimum absolute atomic E-state index is 0.199. The number of hydrogen-bond donors (Lipinski definition) is 2. The molecule has 0 radical (unpaired) electrons. The van der Waals surface area contributed by atoms with E-state index in [1.165, 1.54) is 0 Å². The molecule has 3 N–H and O–H groups in total. The van der Waals surface area contributed by atoms with E-state index in [-0.39, 0.29) is 10.6 Å². The number of aliphatic hydroxyl groups is 1. The smallest absolute Gasteiger partial charge is 0.149 e. The van der Waals surface area contributed by atoms with Crippen LogP contribution in [0.4, 0.5) is 8.78 Å². The van der Waals surface area contributed by atoms with Gasteiger partial charge in [0.25, 0.3) is 0 Å². The molecule has 1 aromatic carbocycles. The highest BCUT2D eigenvalue weighted by Gasteiger charge is 2.24. The summed E-state index contributed by atoms with van der Waals surface area (Å²) in [5.41, 5.74) is 5.25. The second-order valence-electron chi connectivity index (χ2n) is 3.64. The van der Waals surface area contributed by atoms with Crippen molar-refractivity contribution in [3.05, 3.63) is 34.4 Å². The summed E-state index contributed by atoms with van der Waals surface area (Å²) in [6.45, 7) is 1.85. The topological polar surface area (TPSA) is 46.2 Å². The Morgan fingerprint density at radius 3 is 2.62 bits per heavy atom. The maximum Gasteiger partial charge on any atom is 0.149 e. The van der Waals surface area contributed by atoms with Crippen molar-refractivity contribution in [3.63, 3.8) is 0 Å². The molecule has 0 heterocycles. The van der Waals surface area contributed by atoms with Crippen LogP contribution in [0.15, 0.2) is 12.1 Å². The summed E-state index contributed by atoms with van der Waals surface area (Å²) >= 11 is 5.53. The summed E-state index contributed by atoms with van der Waals surface area (Å²) in [5, 5.41) is 9.41. The Bertz CT molecular complexity index is 373. The SMILES string of the molecule is CCC[C@H](O)[C@H](N)c1c(F)ccc(Cl)c1F. The number of hydrogen-bond acceptors (Lipinski definition) is 2. The van der Waals surface area contributed by atoms with Gasteiger partial charge in [-0.2, -0.15) is 0 Å². The molecule has 0 saturated heterocycles. The molecule has 2 nitrogen and oxygen atoms in total. The van der Waals surface area contributed by atoms with Gasteiger partial charge in [0.15, 0.2) is 0 Å². The van der Waals surface area contributed by atoms with Crippen molar-refractivity contribution in [2.75, 3.05) is 0 Å². The third-order valence-corrected chi connectivity index (χ3v) is 2.70. The van der Waals surface area contributed by atoms with Gasteiger partial charge in [0.1, 0.15) is 11.6 Å².